The van der Waals surface area contributed by atoms with E-state index in [9.17, 15) is 9.59 Å². The number of nitrogens with one attached hydrogen (secondary N) is 1. The molecule has 4 heteroatoms. The van der Waals surface area contributed by atoms with E-state index in [0.29, 0.717) is 19.3 Å². The molecule has 0 aliphatic carbocycles. The molecular weight excluding hydrogens is 192 g/mol. The fraction of sp³-hybridized carbons (Fsp3) is 0.636. The second kappa shape index (κ2) is 3.77. The molecule has 82 valence electrons. The standard InChI is InChI=1S/C11H16N2O2/c1-2-5-11(13-7-3-8-13)6-4-9(14)12-10(11)15/h2H,1,3-8H2,(H,12,14,15). The number of piperidine rings is 1. The molecule has 1 atom stereocenters. The average Bonchev–Trinajstić information content (AvgIpc) is 2.09. The minimum atomic E-state index is -0.492. The van der Waals surface area contributed by atoms with Gasteiger partial charge in [0.25, 0.3) is 0 Å². The Hall–Kier alpha value is -1.16. The molecule has 0 aromatic rings. The van der Waals surface area contributed by atoms with Crippen molar-refractivity contribution in [1.82, 2.24) is 10.2 Å². The summed E-state index contributed by atoms with van der Waals surface area (Å²) < 4.78 is 0. The quantitative estimate of drug-likeness (QED) is 0.541. The lowest BCUT2D eigenvalue weighted by Crippen LogP contribution is -2.66. The van der Waals surface area contributed by atoms with Gasteiger partial charge in [-0.05, 0) is 19.3 Å². The maximum Gasteiger partial charge on any atom is 0.247 e. The third-order valence-corrected chi connectivity index (χ3v) is 3.38. The largest absolute Gasteiger partial charge is 0.295 e. The predicted molar refractivity (Wildman–Crippen MR) is 56.1 cm³/mol. The first-order chi connectivity index (χ1) is 7.19. The molecule has 0 aromatic heterocycles. The zero-order chi connectivity index (χ0) is 10.9. The van der Waals surface area contributed by atoms with Gasteiger partial charge in [0.05, 0.1) is 0 Å². The second-order valence-electron chi connectivity index (χ2n) is 4.24. The molecule has 2 aliphatic rings. The van der Waals surface area contributed by atoms with Crippen LogP contribution in [-0.4, -0.2) is 35.3 Å². The lowest BCUT2D eigenvalue weighted by Gasteiger charge is -2.48. The average molecular weight is 208 g/mol. The number of nitrogens with zero attached hydrogens (tertiary/aromatic N) is 1. The summed E-state index contributed by atoms with van der Waals surface area (Å²) in [5, 5.41) is 2.44. The highest BCUT2D eigenvalue weighted by molar-refractivity contribution is 6.02. The highest BCUT2D eigenvalue weighted by Gasteiger charge is 2.47. The van der Waals surface area contributed by atoms with Gasteiger partial charge in [-0.2, -0.15) is 0 Å². The van der Waals surface area contributed by atoms with Gasteiger partial charge >= 0.3 is 0 Å². The minimum absolute atomic E-state index is 0.140. The van der Waals surface area contributed by atoms with Crippen molar-refractivity contribution in [2.45, 2.75) is 31.2 Å². The second-order valence-corrected chi connectivity index (χ2v) is 4.24. The molecule has 0 radical (unpaired) electrons. The zero-order valence-electron chi connectivity index (χ0n) is 8.79. The van der Waals surface area contributed by atoms with Gasteiger partial charge in [0, 0.05) is 19.5 Å². The number of hydrogen-bond acceptors (Lipinski definition) is 3. The van der Waals surface area contributed by atoms with Crippen LogP contribution in [0.5, 0.6) is 0 Å². The maximum atomic E-state index is 11.9. The monoisotopic (exact) mass is 208 g/mol. The Labute approximate surface area is 89.3 Å². The smallest absolute Gasteiger partial charge is 0.247 e. The van der Waals surface area contributed by atoms with E-state index in [2.05, 4.69) is 16.8 Å². The first kappa shape index (κ1) is 10.4. The first-order valence-electron chi connectivity index (χ1n) is 5.39. The van der Waals surface area contributed by atoms with E-state index in [1.165, 1.54) is 0 Å². The number of imide groups is 1. The van der Waals surface area contributed by atoms with Crippen LogP contribution in [0.3, 0.4) is 0 Å². The predicted octanol–water partition coefficient (Wildman–Crippen LogP) is 0.444. The Balaban J connectivity index is 2.20. The van der Waals surface area contributed by atoms with E-state index in [1.807, 2.05) is 0 Å². The topological polar surface area (TPSA) is 49.4 Å². The Morgan fingerprint density at radius 2 is 2.20 bits per heavy atom. The van der Waals surface area contributed by atoms with Gasteiger partial charge in [0.2, 0.25) is 11.8 Å². The summed E-state index contributed by atoms with van der Waals surface area (Å²) in [7, 11) is 0. The van der Waals surface area contributed by atoms with Crippen LogP contribution < -0.4 is 5.32 Å². The van der Waals surface area contributed by atoms with Crippen LogP contribution in [-0.2, 0) is 9.59 Å². The van der Waals surface area contributed by atoms with Gasteiger partial charge in [-0.25, -0.2) is 0 Å². The van der Waals surface area contributed by atoms with E-state index < -0.39 is 5.54 Å². The number of carbonyl (C=O) groups excluding carboxylic acids is 2. The highest BCUT2D eigenvalue weighted by Crippen LogP contribution is 2.33. The summed E-state index contributed by atoms with van der Waals surface area (Å²) in [6, 6.07) is 0. The van der Waals surface area contributed by atoms with Gasteiger partial charge in [-0.3, -0.25) is 19.8 Å². The molecule has 2 aliphatic heterocycles. The van der Waals surface area contributed by atoms with Gasteiger partial charge < -0.3 is 0 Å². The van der Waals surface area contributed by atoms with Crippen molar-refractivity contribution >= 4 is 11.8 Å². The molecule has 0 aromatic carbocycles. The molecule has 0 bridgehead atoms. The SMILES string of the molecule is C=CCC1(N2CCC2)CCC(=O)NC1=O. The van der Waals surface area contributed by atoms with Gasteiger partial charge in [-0.15, -0.1) is 6.58 Å². The van der Waals surface area contributed by atoms with Crippen molar-refractivity contribution < 1.29 is 9.59 Å². The molecule has 0 spiro atoms. The molecule has 15 heavy (non-hydrogen) atoms. The number of hydrogen-bond donors (Lipinski definition) is 1. The summed E-state index contributed by atoms with van der Waals surface area (Å²) in [5.74, 6) is -0.293. The van der Waals surface area contributed by atoms with Crippen LogP contribution in [0.25, 0.3) is 0 Å². The lowest BCUT2D eigenvalue weighted by atomic mass is 9.82. The molecule has 1 N–H and O–H groups in total. The maximum absolute atomic E-state index is 11.9. The highest BCUT2D eigenvalue weighted by atomic mass is 16.2. The summed E-state index contributed by atoms with van der Waals surface area (Å²) in [6.07, 6.45) is 4.61. The number of amides is 2. The number of carbonyl (C=O) groups is 2. The Kier molecular flexibility index (Phi) is 2.61. The van der Waals surface area contributed by atoms with Crippen LogP contribution in [0.1, 0.15) is 25.7 Å². The van der Waals surface area contributed by atoms with E-state index in [0.717, 1.165) is 19.5 Å². The Morgan fingerprint density at radius 3 is 2.67 bits per heavy atom. The summed E-state index contributed by atoms with van der Waals surface area (Å²) in [4.78, 5) is 25.2. The van der Waals surface area contributed by atoms with Crippen LogP contribution in [0.15, 0.2) is 12.7 Å². The van der Waals surface area contributed by atoms with Crippen molar-refractivity contribution in [3.63, 3.8) is 0 Å². The molecule has 1 unspecified atom stereocenters. The van der Waals surface area contributed by atoms with Crippen molar-refractivity contribution in [1.29, 1.82) is 0 Å². The van der Waals surface area contributed by atoms with E-state index >= 15 is 0 Å². The minimum Gasteiger partial charge on any atom is -0.295 e. The fourth-order valence-corrected chi connectivity index (χ4v) is 2.35. The van der Waals surface area contributed by atoms with Crippen LogP contribution in [0, 0.1) is 0 Å². The fourth-order valence-electron chi connectivity index (χ4n) is 2.35. The Bertz CT molecular complexity index is 310. The third kappa shape index (κ3) is 1.59. The lowest BCUT2D eigenvalue weighted by molar-refractivity contribution is -0.146. The van der Waals surface area contributed by atoms with Gasteiger partial charge in [-0.1, -0.05) is 6.08 Å². The van der Waals surface area contributed by atoms with Gasteiger partial charge in [0.1, 0.15) is 5.54 Å². The number of rotatable bonds is 3. The van der Waals surface area contributed by atoms with Crippen molar-refractivity contribution in [2.24, 2.45) is 0 Å². The number of likely N-dealkylation sites (tertiary alicyclic amines) is 1. The Morgan fingerprint density at radius 1 is 1.47 bits per heavy atom. The molecular formula is C11H16N2O2. The van der Waals surface area contributed by atoms with Crippen molar-refractivity contribution in [3.8, 4) is 0 Å². The normalized spacial score (nSPS) is 32.0. The molecule has 0 saturated carbocycles. The van der Waals surface area contributed by atoms with E-state index in [4.69, 9.17) is 0 Å². The molecule has 2 rings (SSSR count). The first-order valence-corrected chi connectivity index (χ1v) is 5.39. The molecule has 2 saturated heterocycles. The summed E-state index contributed by atoms with van der Waals surface area (Å²) in [5.41, 5.74) is -0.492. The zero-order valence-corrected chi connectivity index (χ0v) is 8.79. The third-order valence-electron chi connectivity index (χ3n) is 3.38. The molecule has 4 nitrogen and oxygen atoms in total. The van der Waals surface area contributed by atoms with E-state index in [1.54, 1.807) is 6.08 Å². The molecule has 2 heterocycles. The van der Waals surface area contributed by atoms with Crippen molar-refractivity contribution in [2.75, 3.05) is 13.1 Å². The van der Waals surface area contributed by atoms with Crippen LogP contribution in [0.2, 0.25) is 0 Å². The molecule has 2 fully saturated rings. The summed E-state index contributed by atoms with van der Waals surface area (Å²) in [6.45, 7) is 5.61. The van der Waals surface area contributed by atoms with Crippen LogP contribution in [0.4, 0.5) is 0 Å². The van der Waals surface area contributed by atoms with Crippen molar-refractivity contribution in [3.05, 3.63) is 12.7 Å². The van der Waals surface area contributed by atoms with E-state index in [-0.39, 0.29) is 11.8 Å². The molecule has 2 amide bonds. The summed E-state index contributed by atoms with van der Waals surface area (Å²) >= 11 is 0. The van der Waals surface area contributed by atoms with Gasteiger partial charge in [0.15, 0.2) is 0 Å². The van der Waals surface area contributed by atoms with Crippen LogP contribution >= 0.6 is 0 Å².